The minimum absolute atomic E-state index is 0.253. The standard InChI is InChI=1S/C14H19FN4OS/c1-3-8-19-13(20)17-18-14(19)21-12(9(2)16)10-6-4-5-7-11(10)15/h4-7,9,12H,3,8,16H2,1-2H3,(H,17,20). The highest BCUT2D eigenvalue weighted by atomic mass is 32.2. The van der Waals surface area contributed by atoms with Gasteiger partial charge in [0.2, 0.25) is 0 Å². The van der Waals surface area contributed by atoms with Crippen LogP contribution in [0.1, 0.15) is 31.1 Å². The molecule has 0 saturated carbocycles. The Bertz CT molecular complexity index is 652. The minimum atomic E-state index is -0.308. The second-order valence-electron chi connectivity index (χ2n) is 4.88. The number of nitrogens with two attached hydrogens (primary N) is 1. The van der Waals surface area contributed by atoms with Crippen molar-refractivity contribution in [3.8, 4) is 0 Å². The maximum Gasteiger partial charge on any atom is 0.343 e. The molecule has 1 heterocycles. The smallest absolute Gasteiger partial charge is 0.327 e. The Morgan fingerprint density at radius 3 is 2.81 bits per heavy atom. The Hall–Kier alpha value is -1.60. The normalized spacial score (nSPS) is 14.1. The molecule has 3 N–H and O–H groups in total. The van der Waals surface area contributed by atoms with Gasteiger partial charge < -0.3 is 5.73 Å². The van der Waals surface area contributed by atoms with E-state index in [4.69, 9.17) is 5.73 Å². The monoisotopic (exact) mass is 310 g/mol. The lowest BCUT2D eigenvalue weighted by atomic mass is 10.1. The first kappa shape index (κ1) is 15.8. The summed E-state index contributed by atoms with van der Waals surface area (Å²) in [5.74, 6) is -0.299. The fourth-order valence-electron chi connectivity index (χ4n) is 2.09. The van der Waals surface area contributed by atoms with Crippen molar-refractivity contribution in [1.82, 2.24) is 14.8 Å². The van der Waals surface area contributed by atoms with E-state index in [9.17, 15) is 9.18 Å². The Kier molecular flexibility index (Phi) is 5.19. The molecule has 2 rings (SSSR count). The fourth-order valence-corrected chi connectivity index (χ4v) is 3.25. The predicted octanol–water partition coefficient (Wildman–Crippen LogP) is 2.30. The predicted molar refractivity (Wildman–Crippen MR) is 81.8 cm³/mol. The van der Waals surface area contributed by atoms with Crippen LogP contribution in [-0.2, 0) is 6.54 Å². The van der Waals surface area contributed by atoms with Crippen molar-refractivity contribution in [2.45, 2.75) is 43.3 Å². The molecule has 0 amide bonds. The van der Waals surface area contributed by atoms with Gasteiger partial charge in [-0.15, -0.1) is 5.10 Å². The molecule has 0 saturated heterocycles. The Morgan fingerprint density at radius 1 is 1.48 bits per heavy atom. The molecule has 114 valence electrons. The number of H-pyrrole nitrogens is 1. The van der Waals surface area contributed by atoms with Gasteiger partial charge in [-0.1, -0.05) is 36.9 Å². The van der Waals surface area contributed by atoms with Crippen LogP contribution in [0.5, 0.6) is 0 Å². The number of thioether (sulfide) groups is 1. The molecule has 0 fully saturated rings. The van der Waals surface area contributed by atoms with Crippen molar-refractivity contribution >= 4 is 11.8 Å². The van der Waals surface area contributed by atoms with Gasteiger partial charge in [0, 0.05) is 18.2 Å². The number of benzene rings is 1. The molecule has 1 aromatic carbocycles. The van der Waals surface area contributed by atoms with E-state index in [1.807, 2.05) is 13.8 Å². The van der Waals surface area contributed by atoms with Gasteiger partial charge in [0.1, 0.15) is 5.82 Å². The van der Waals surface area contributed by atoms with E-state index in [1.54, 1.807) is 22.8 Å². The summed E-state index contributed by atoms with van der Waals surface area (Å²) in [6.07, 6.45) is 0.815. The maximum atomic E-state index is 14.0. The highest BCUT2D eigenvalue weighted by Crippen LogP contribution is 2.36. The molecule has 5 nitrogen and oxygen atoms in total. The van der Waals surface area contributed by atoms with Gasteiger partial charge in [-0.05, 0) is 19.4 Å². The molecule has 7 heteroatoms. The van der Waals surface area contributed by atoms with E-state index in [2.05, 4.69) is 10.2 Å². The molecular weight excluding hydrogens is 291 g/mol. The van der Waals surface area contributed by atoms with Gasteiger partial charge in [-0.2, -0.15) is 0 Å². The lowest BCUT2D eigenvalue weighted by Crippen LogP contribution is -2.24. The zero-order chi connectivity index (χ0) is 15.4. The third kappa shape index (κ3) is 3.54. The number of rotatable bonds is 6. The van der Waals surface area contributed by atoms with Crippen LogP contribution in [0.3, 0.4) is 0 Å². The Morgan fingerprint density at radius 2 is 2.19 bits per heavy atom. The first-order valence-corrected chi connectivity index (χ1v) is 7.74. The summed E-state index contributed by atoms with van der Waals surface area (Å²) >= 11 is 1.31. The molecule has 2 atom stereocenters. The van der Waals surface area contributed by atoms with E-state index < -0.39 is 0 Å². The second-order valence-corrected chi connectivity index (χ2v) is 5.99. The van der Waals surface area contributed by atoms with Gasteiger partial charge in [0.05, 0.1) is 5.25 Å². The SMILES string of the molecule is CCCn1c(SC(c2ccccc2F)C(C)N)n[nH]c1=O. The third-order valence-electron chi connectivity index (χ3n) is 3.09. The number of aromatic nitrogens is 3. The first-order chi connectivity index (χ1) is 10.0. The molecule has 0 bridgehead atoms. The second kappa shape index (κ2) is 6.91. The lowest BCUT2D eigenvalue weighted by molar-refractivity contribution is 0.585. The van der Waals surface area contributed by atoms with Crippen LogP contribution in [-0.4, -0.2) is 20.8 Å². The lowest BCUT2D eigenvalue weighted by Gasteiger charge is -2.20. The van der Waals surface area contributed by atoms with Gasteiger partial charge in [-0.25, -0.2) is 14.3 Å². The summed E-state index contributed by atoms with van der Waals surface area (Å²) in [6, 6.07) is 6.26. The molecule has 2 aromatic rings. The van der Waals surface area contributed by atoms with E-state index >= 15 is 0 Å². The molecule has 0 radical (unpaired) electrons. The van der Waals surface area contributed by atoms with E-state index in [-0.39, 0.29) is 22.8 Å². The van der Waals surface area contributed by atoms with Gasteiger partial charge in [0.15, 0.2) is 5.16 Å². The average molecular weight is 310 g/mol. The molecule has 21 heavy (non-hydrogen) atoms. The number of halogens is 1. The van der Waals surface area contributed by atoms with Crippen molar-refractivity contribution in [1.29, 1.82) is 0 Å². The van der Waals surface area contributed by atoms with Crippen LogP contribution in [0.25, 0.3) is 0 Å². The third-order valence-corrected chi connectivity index (χ3v) is 4.55. The zero-order valence-electron chi connectivity index (χ0n) is 12.0. The zero-order valence-corrected chi connectivity index (χ0v) is 12.9. The quantitative estimate of drug-likeness (QED) is 0.803. The van der Waals surface area contributed by atoms with E-state index in [0.29, 0.717) is 17.3 Å². The van der Waals surface area contributed by atoms with Crippen molar-refractivity contribution in [3.05, 3.63) is 46.1 Å². The number of nitrogens with zero attached hydrogens (tertiary/aromatic N) is 2. The molecule has 0 aliphatic heterocycles. The highest BCUT2D eigenvalue weighted by Gasteiger charge is 2.23. The minimum Gasteiger partial charge on any atom is -0.327 e. The Labute approximate surface area is 126 Å². The van der Waals surface area contributed by atoms with Crippen LogP contribution in [0.2, 0.25) is 0 Å². The van der Waals surface area contributed by atoms with Gasteiger partial charge in [0.25, 0.3) is 0 Å². The number of aromatic amines is 1. The van der Waals surface area contributed by atoms with Crippen LogP contribution in [0, 0.1) is 5.82 Å². The highest BCUT2D eigenvalue weighted by molar-refractivity contribution is 7.99. The van der Waals surface area contributed by atoms with E-state index in [0.717, 1.165) is 6.42 Å². The Balaban J connectivity index is 2.34. The van der Waals surface area contributed by atoms with Crippen molar-refractivity contribution in [3.63, 3.8) is 0 Å². The summed E-state index contributed by atoms with van der Waals surface area (Å²) in [7, 11) is 0. The number of hydrogen-bond acceptors (Lipinski definition) is 4. The topological polar surface area (TPSA) is 76.7 Å². The molecule has 0 aliphatic rings. The molecule has 2 unspecified atom stereocenters. The maximum absolute atomic E-state index is 14.0. The summed E-state index contributed by atoms with van der Waals surface area (Å²) in [5.41, 5.74) is 6.27. The molecular formula is C14H19FN4OS. The van der Waals surface area contributed by atoms with E-state index in [1.165, 1.54) is 17.8 Å². The number of hydrogen-bond donors (Lipinski definition) is 2. The summed E-state index contributed by atoms with van der Waals surface area (Å²) in [5, 5.41) is 6.68. The van der Waals surface area contributed by atoms with Crippen LogP contribution >= 0.6 is 11.8 Å². The van der Waals surface area contributed by atoms with Crippen molar-refractivity contribution in [2.24, 2.45) is 5.73 Å². The van der Waals surface area contributed by atoms with Gasteiger partial charge in [-0.3, -0.25) is 4.57 Å². The molecule has 1 aromatic heterocycles. The van der Waals surface area contributed by atoms with Crippen LogP contribution in [0.15, 0.2) is 34.2 Å². The molecule has 0 aliphatic carbocycles. The summed E-state index contributed by atoms with van der Waals surface area (Å²) < 4.78 is 15.5. The average Bonchev–Trinajstić information content (AvgIpc) is 2.79. The van der Waals surface area contributed by atoms with Crippen molar-refractivity contribution in [2.75, 3.05) is 0 Å². The van der Waals surface area contributed by atoms with Crippen molar-refractivity contribution < 1.29 is 4.39 Å². The van der Waals surface area contributed by atoms with Gasteiger partial charge >= 0.3 is 5.69 Å². The fraction of sp³-hybridized carbons (Fsp3) is 0.429. The van der Waals surface area contributed by atoms with Crippen LogP contribution < -0.4 is 11.4 Å². The number of nitrogens with one attached hydrogen (secondary N) is 1. The summed E-state index contributed by atoms with van der Waals surface area (Å²) in [6.45, 7) is 4.37. The largest absolute Gasteiger partial charge is 0.343 e. The van der Waals surface area contributed by atoms with Crippen LogP contribution in [0.4, 0.5) is 4.39 Å². The summed E-state index contributed by atoms with van der Waals surface area (Å²) in [4.78, 5) is 11.7. The first-order valence-electron chi connectivity index (χ1n) is 6.86. The molecule has 0 spiro atoms.